The van der Waals surface area contributed by atoms with Gasteiger partial charge in [-0.05, 0) is 106 Å². The molecule has 332 valence electrons. The summed E-state index contributed by atoms with van der Waals surface area (Å²) in [5.74, 6) is 0.597. The molecule has 1 N–H and O–H groups in total. The zero-order chi connectivity index (χ0) is 44.2. The van der Waals surface area contributed by atoms with E-state index in [1.807, 2.05) is 60.1 Å². The van der Waals surface area contributed by atoms with Crippen LogP contribution in [0.3, 0.4) is 0 Å². The third kappa shape index (κ3) is 9.98. The maximum atomic E-state index is 13.5. The Morgan fingerprint density at radius 3 is 2.57 bits per heavy atom. The lowest BCUT2D eigenvalue weighted by atomic mass is 9.85. The molecule has 3 fully saturated rings. The second-order valence-corrected chi connectivity index (χ2v) is 17.7. The Kier molecular flexibility index (Phi) is 13.3. The first kappa shape index (κ1) is 43.7. The van der Waals surface area contributed by atoms with E-state index in [1.54, 1.807) is 22.4 Å². The zero-order valence-corrected chi connectivity index (χ0v) is 36.6. The predicted octanol–water partition coefficient (Wildman–Crippen LogP) is 7.31. The number of Topliss-reactive ketones (excluding diaryl/α,β-unsaturated/α-hetero) is 2. The Hall–Kier alpha value is -5.96. The normalized spacial score (nSPS) is 19.1. The molecule has 0 radical (unpaired) electrons. The van der Waals surface area contributed by atoms with Gasteiger partial charge in [0.25, 0.3) is 5.91 Å². The molecule has 0 aliphatic heterocycles. The number of nitrogens with zero attached hydrogens (tertiary/aromatic N) is 7. The third-order valence-electron chi connectivity index (χ3n) is 12.9. The van der Waals surface area contributed by atoms with Crippen LogP contribution in [-0.2, 0) is 39.0 Å². The summed E-state index contributed by atoms with van der Waals surface area (Å²) < 4.78 is 16.8. The van der Waals surface area contributed by atoms with E-state index in [0.717, 1.165) is 84.3 Å². The molecule has 63 heavy (non-hydrogen) atoms. The number of aryl methyl sites for hydroxylation is 3. The molecule has 1 unspecified atom stereocenters. The van der Waals surface area contributed by atoms with Crippen molar-refractivity contribution in [3.63, 3.8) is 0 Å². The Bertz CT molecular complexity index is 2570. The number of aromatic nitrogens is 6. The highest BCUT2D eigenvalue weighted by molar-refractivity contribution is 6.04. The average Bonchev–Trinajstić information content (AvgIpc) is 3.68. The van der Waals surface area contributed by atoms with Gasteiger partial charge in [-0.15, -0.1) is 0 Å². The molecule has 2 amide bonds. The minimum Gasteiger partial charge on any atom is -0.444 e. The Morgan fingerprint density at radius 1 is 1.02 bits per heavy atom. The van der Waals surface area contributed by atoms with Crippen LogP contribution in [0.2, 0.25) is 0 Å². The van der Waals surface area contributed by atoms with Gasteiger partial charge in [0, 0.05) is 69.8 Å². The third-order valence-corrected chi connectivity index (χ3v) is 12.9. The number of imidazole rings is 1. The lowest BCUT2D eigenvalue weighted by Crippen LogP contribution is -2.36. The maximum Gasteiger partial charge on any atom is 0.329 e. The molecule has 4 aromatic heterocycles. The number of amides is 2. The summed E-state index contributed by atoms with van der Waals surface area (Å²) in [5, 5.41) is 7.79. The molecular formula is C48H58N8O7. The highest BCUT2D eigenvalue weighted by Gasteiger charge is 2.33. The number of carbonyl (C=O) groups excluding carboxylic acids is 4. The van der Waals surface area contributed by atoms with Gasteiger partial charge in [-0.3, -0.25) is 38.0 Å². The predicted molar refractivity (Wildman–Crippen MR) is 238 cm³/mol. The van der Waals surface area contributed by atoms with Crippen molar-refractivity contribution in [3.05, 3.63) is 88.7 Å². The summed E-state index contributed by atoms with van der Waals surface area (Å²) in [6.45, 7) is 7.62. The summed E-state index contributed by atoms with van der Waals surface area (Å²) in [6.07, 6.45) is 15.4. The molecule has 15 nitrogen and oxygen atoms in total. The van der Waals surface area contributed by atoms with E-state index in [1.165, 1.54) is 19.1 Å². The van der Waals surface area contributed by atoms with Crippen molar-refractivity contribution in [3.8, 4) is 11.5 Å². The first-order chi connectivity index (χ1) is 30.4. The van der Waals surface area contributed by atoms with Crippen LogP contribution < -0.4 is 11.0 Å². The van der Waals surface area contributed by atoms with E-state index >= 15 is 0 Å². The number of oxazole rings is 1. The van der Waals surface area contributed by atoms with Crippen LogP contribution >= 0.6 is 0 Å². The van der Waals surface area contributed by atoms with Crippen LogP contribution in [0, 0.1) is 11.8 Å². The van der Waals surface area contributed by atoms with Gasteiger partial charge >= 0.3 is 5.69 Å². The molecule has 5 aromatic rings. The number of rotatable bonds is 18. The van der Waals surface area contributed by atoms with Crippen molar-refractivity contribution >= 4 is 45.7 Å². The summed E-state index contributed by atoms with van der Waals surface area (Å²) in [4.78, 5) is 75.4. The monoisotopic (exact) mass is 858 g/mol. The lowest BCUT2D eigenvalue weighted by Gasteiger charge is -2.30. The Balaban J connectivity index is 0.768. The van der Waals surface area contributed by atoms with E-state index < -0.39 is 11.9 Å². The molecule has 0 saturated heterocycles. The van der Waals surface area contributed by atoms with Gasteiger partial charge in [-0.1, -0.05) is 31.6 Å². The minimum absolute atomic E-state index is 0.0641. The van der Waals surface area contributed by atoms with Crippen molar-refractivity contribution in [2.45, 2.75) is 109 Å². The van der Waals surface area contributed by atoms with E-state index in [9.17, 15) is 24.0 Å². The minimum atomic E-state index is -0.609. The molecule has 8 rings (SSSR count). The summed E-state index contributed by atoms with van der Waals surface area (Å²) in [7, 11) is 3.58. The van der Waals surface area contributed by atoms with Crippen LogP contribution in [0.25, 0.3) is 28.1 Å². The van der Waals surface area contributed by atoms with Gasteiger partial charge < -0.3 is 19.4 Å². The van der Waals surface area contributed by atoms with Crippen molar-refractivity contribution in [2.24, 2.45) is 18.9 Å². The topological polar surface area (TPSA) is 176 Å². The molecular weight excluding hydrogens is 801 g/mol. The van der Waals surface area contributed by atoms with E-state index in [-0.39, 0.29) is 47.2 Å². The number of ketones is 2. The largest absolute Gasteiger partial charge is 0.444 e. The summed E-state index contributed by atoms with van der Waals surface area (Å²) in [6, 6.07) is 9.07. The summed E-state index contributed by atoms with van der Waals surface area (Å²) >= 11 is 0. The van der Waals surface area contributed by atoms with E-state index in [2.05, 4.69) is 21.9 Å². The molecule has 4 heterocycles. The molecule has 3 aliphatic rings. The standard InChI is InChI=1S/C48H58N8O7/c1-30(2)43-38(50-45(59)39-29-63-46(51-39)34-21-22-49-35(26-34)16-13-31-11-12-31)28-55(52-43)36-17-14-33(15-18-36)47(60)53(3)23-7-25-62-24-6-9-32-8-5-10-41-44(32)54(4)48(61)56(41)40-20-19-37(57)27-42(40)58/h5,8,10,21-22,26,28-29,31,33,36,40H,1,6-7,9,11-20,23-25,27H2,2-4H3,(H,50,59). The molecule has 1 aromatic carbocycles. The van der Waals surface area contributed by atoms with Crippen molar-refractivity contribution in [1.82, 2.24) is 33.8 Å². The lowest BCUT2D eigenvalue weighted by molar-refractivity contribution is -0.136. The van der Waals surface area contributed by atoms with Gasteiger partial charge in [0.1, 0.15) is 17.7 Å². The SMILES string of the molecule is C=C(C)c1nn(C2CCC(C(=O)N(C)CCCOCCCc3cccc4c3n(C)c(=O)n4C3CCC(=O)CC3=O)CC2)cc1NC(=O)c1coc(-c2ccnc(CCC3CC3)c2)n1. The number of pyridine rings is 1. The Labute approximate surface area is 366 Å². The van der Waals surface area contributed by atoms with Gasteiger partial charge in [0.05, 0.1) is 35.2 Å². The number of carbonyl (C=O) groups is 4. The molecule has 3 saturated carbocycles. The van der Waals surface area contributed by atoms with Crippen molar-refractivity contribution < 1.29 is 28.3 Å². The number of benzene rings is 1. The number of anilines is 1. The van der Waals surface area contributed by atoms with Crippen LogP contribution in [0.1, 0.15) is 123 Å². The second kappa shape index (κ2) is 19.2. The second-order valence-electron chi connectivity index (χ2n) is 17.7. The number of ether oxygens (including phenoxy) is 1. The van der Waals surface area contributed by atoms with Gasteiger partial charge in [0.15, 0.2) is 11.5 Å². The number of para-hydroxylation sites is 1. The molecule has 3 aliphatic carbocycles. The van der Waals surface area contributed by atoms with Gasteiger partial charge in [0.2, 0.25) is 11.8 Å². The molecule has 15 heteroatoms. The van der Waals surface area contributed by atoms with Crippen LogP contribution in [0.15, 0.2) is 64.8 Å². The smallest absolute Gasteiger partial charge is 0.329 e. The average molecular weight is 859 g/mol. The summed E-state index contributed by atoms with van der Waals surface area (Å²) in [5.41, 5.74) is 6.12. The molecule has 0 spiro atoms. The van der Waals surface area contributed by atoms with Gasteiger partial charge in [-0.25, -0.2) is 9.78 Å². The maximum absolute atomic E-state index is 13.5. The van der Waals surface area contributed by atoms with Crippen LogP contribution in [0.5, 0.6) is 0 Å². The molecule has 0 bridgehead atoms. The number of nitrogens with one attached hydrogen (secondary N) is 1. The fourth-order valence-corrected chi connectivity index (χ4v) is 9.22. The number of allylic oxidation sites excluding steroid dienone is 1. The Morgan fingerprint density at radius 2 is 1.81 bits per heavy atom. The van der Waals surface area contributed by atoms with Crippen LogP contribution in [0.4, 0.5) is 5.69 Å². The number of hydrogen-bond acceptors (Lipinski definition) is 10. The number of fused-ring (bicyclic) bond motifs is 1. The quantitative estimate of drug-likeness (QED) is 0.0695. The van der Waals surface area contributed by atoms with E-state index in [0.29, 0.717) is 62.7 Å². The zero-order valence-electron chi connectivity index (χ0n) is 36.6. The highest BCUT2D eigenvalue weighted by Crippen LogP contribution is 2.36. The van der Waals surface area contributed by atoms with E-state index in [4.69, 9.17) is 14.3 Å². The number of hydrogen-bond donors (Lipinski definition) is 1. The fourth-order valence-electron chi connectivity index (χ4n) is 9.22. The van der Waals surface area contributed by atoms with Crippen molar-refractivity contribution in [2.75, 3.05) is 32.1 Å². The highest BCUT2D eigenvalue weighted by atomic mass is 16.5. The first-order valence-corrected chi connectivity index (χ1v) is 22.5. The van der Waals surface area contributed by atoms with Crippen molar-refractivity contribution in [1.29, 1.82) is 0 Å². The fraction of sp³-hybridized carbons (Fsp3) is 0.500. The first-order valence-electron chi connectivity index (χ1n) is 22.5. The molecule has 1 atom stereocenters. The van der Waals surface area contributed by atoms with Gasteiger partial charge in [-0.2, -0.15) is 5.10 Å². The van der Waals surface area contributed by atoms with Crippen LogP contribution in [-0.4, -0.2) is 84.0 Å².